The van der Waals surface area contributed by atoms with Crippen molar-refractivity contribution >= 4 is 11.6 Å². The Morgan fingerprint density at radius 3 is 2.89 bits per heavy atom. The number of aromatic amines is 1. The maximum atomic E-state index is 6.10. The zero-order valence-electron chi connectivity index (χ0n) is 11.2. The van der Waals surface area contributed by atoms with E-state index in [4.69, 9.17) is 18.0 Å². The van der Waals surface area contributed by atoms with Crippen LogP contribution >= 0.6 is 11.6 Å². The lowest BCUT2D eigenvalue weighted by Gasteiger charge is -2.13. The number of hydrogen-bond acceptors (Lipinski definition) is 2. The number of unbranched alkanes of at least 4 members (excludes halogenated alkanes) is 1. The number of terminal acetylenes is 1. The summed E-state index contributed by atoms with van der Waals surface area (Å²) in [5.74, 6) is 3.66. The van der Waals surface area contributed by atoms with Crippen molar-refractivity contribution in [3.05, 3.63) is 16.7 Å². The summed E-state index contributed by atoms with van der Waals surface area (Å²) in [6.45, 7) is 4.98. The number of H-pyrrole nitrogens is 1. The van der Waals surface area contributed by atoms with Crippen molar-refractivity contribution in [2.75, 3.05) is 0 Å². The summed E-state index contributed by atoms with van der Waals surface area (Å²) in [5, 5.41) is 3.97. The van der Waals surface area contributed by atoms with Gasteiger partial charge in [0.25, 0.3) is 0 Å². The van der Waals surface area contributed by atoms with Gasteiger partial charge in [0.1, 0.15) is 5.82 Å². The van der Waals surface area contributed by atoms with Crippen LogP contribution in [0.3, 0.4) is 0 Å². The van der Waals surface area contributed by atoms with Gasteiger partial charge < -0.3 is 10.3 Å². The predicted molar refractivity (Wildman–Crippen MR) is 76.6 cm³/mol. The molecule has 2 N–H and O–H groups in total. The van der Waals surface area contributed by atoms with E-state index < -0.39 is 0 Å². The SMILES string of the molecule is C#CCC(CC)NCc1[nH]c(CCCC)nc1Cl. The molecule has 0 saturated carbocycles. The third kappa shape index (κ3) is 4.72. The molecule has 1 heterocycles. The number of nitrogens with zero attached hydrogens (tertiary/aromatic N) is 1. The minimum Gasteiger partial charge on any atom is -0.344 e. The second-order valence-electron chi connectivity index (χ2n) is 4.45. The number of rotatable bonds is 8. The molecule has 100 valence electrons. The fourth-order valence-electron chi connectivity index (χ4n) is 1.77. The van der Waals surface area contributed by atoms with Gasteiger partial charge >= 0.3 is 0 Å². The summed E-state index contributed by atoms with van der Waals surface area (Å²) in [7, 11) is 0. The minimum absolute atomic E-state index is 0.341. The zero-order chi connectivity index (χ0) is 13.4. The van der Waals surface area contributed by atoms with E-state index in [1.165, 1.54) is 0 Å². The Bertz CT molecular complexity index is 392. The highest BCUT2D eigenvalue weighted by atomic mass is 35.5. The number of aryl methyl sites for hydroxylation is 1. The Labute approximate surface area is 115 Å². The van der Waals surface area contributed by atoms with Crippen molar-refractivity contribution < 1.29 is 0 Å². The van der Waals surface area contributed by atoms with Crippen LogP contribution in [0.15, 0.2) is 0 Å². The first-order chi connectivity index (χ1) is 8.71. The molecule has 18 heavy (non-hydrogen) atoms. The molecular formula is C14H22ClN3. The molecule has 3 nitrogen and oxygen atoms in total. The van der Waals surface area contributed by atoms with E-state index in [0.29, 0.717) is 17.7 Å². The highest BCUT2D eigenvalue weighted by molar-refractivity contribution is 6.30. The maximum absolute atomic E-state index is 6.10. The van der Waals surface area contributed by atoms with E-state index in [1.807, 2.05) is 0 Å². The molecule has 0 spiro atoms. The van der Waals surface area contributed by atoms with Gasteiger partial charge in [0.2, 0.25) is 0 Å². The molecule has 0 bridgehead atoms. The first-order valence-electron chi connectivity index (χ1n) is 6.61. The summed E-state index contributed by atoms with van der Waals surface area (Å²) >= 11 is 6.10. The predicted octanol–water partition coefficient (Wildman–Crippen LogP) is 3.30. The number of halogens is 1. The fourth-order valence-corrected chi connectivity index (χ4v) is 1.99. The van der Waals surface area contributed by atoms with E-state index in [1.54, 1.807) is 0 Å². The summed E-state index contributed by atoms with van der Waals surface area (Å²) in [6, 6.07) is 0.341. The van der Waals surface area contributed by atoms with Gasteiger partial charge in [-0.25, -0.2) is 4.98 Å². The molecule has 1 atom stereocenters. The van der Waals surface area contributed by atoms with Crippen LogP contribution in [0.5, 0.6) is 0 Å². The molecule has 1 rings (SSSR count). The second kappa shape index (κ2) is 8.18. The van der Waals surface area contributed by atoms with Crippen molar-refractivity contribution in [2.24, 2.45) is 0 Å². The van der Waals surface area contributed by atoms with Gasteiger partial charge in [-0.2, -0.15) is 0 Å². The molecule has 0 radical (unpaired) electrons. The Hall–Kier alpha value is -0.980. The summed E-state index contributed by atoms with van der Waals surface area (Å²) < 4.78 is 0. The average molecular weight is 268 g/mol. The molecule has 0 aliphatic carbocycles. The van der Waals surface area contributed by atoms with E-state index in [9.17, 15) is 0 Å². The highest BCUT2D eigenvalue weighted by Crippen LogP contribution is 2.14. The van der Waals surface area contributed by atoms with Crippen LogP contribution in [0.1, 0.15) is 51.0 Å². The van der Waals surface area contributed by atoms with Gasteiger partial charge in [-0.05, 0) is 12.8 Å². The quantitative estimate of drug-likeness (QED) is 0.710. The zero-order valence-corrected chi connectivity index (χ0v) is 12.0. The standard InChI is InChI=1S/C14H22ClN3/c1-4-7-9-13-17-12(14(15)18-13)10-16-11(6-3)8-5-2/h2,11,16H,4,6-10H2,1,3H3,(H,17,18). The van der Waals surface area contributed by atoms with Crippen molar-refractivity contribution in [3.63, 3.8) is 0 Å². The number of nitrogens with one attached hydrogen (secondary N) is 2. The van der Waals surface area contributed by atoms with Crippen molar-refractivity contribution in [3.8, 4) is 12.3 Å². The molecule has 0 fully saturated rings. The van der Waals surface area contributed by atoms with Crippen LogP contribution < -0.4 is 5.32 Å². The second-order valence-corrected chi connectivity index (χ2v) is 4.81. The first kappa shape index (κ1) is 15.1. The van der Waals surface area contributed by atoms with Crippen molar-refractivity contribution in [1.29, 1.82) is 0 Å². The van der Waals surface area contributed by atoms with E-state index >= 15 is 0 Å². The molecule has 4 heteroatoms. The van der Waals surface area contributed by atoms with E-state index in [2.05, 4.69) is 35.1 Å². The van der Waals surface area contributed by atoms with E-state index in [0.717, 1.165) is 43.6 Å². The molecule has 0 aromatic carbocycles. The van der Waals surface area contributed by atoms with Crippen molar-refractivity contribution in [2.45, 2.75) is 58.5 Å². The molecular weight excluding hydrogens is 246 g/mol. The largest absolute Gasteiger partial charge is 0.344 e. The first-order valence-corrected chi connectivity index (χ1v) is 6.99. The normalized spacial score (nSPS) is 12.3. The Balaban J connectivity index is 2.51. The lowest BCUT2D eigenvalue weighted by atomic mass is 10.1. The summed E-state index contributed by atoms with van der Waals surface area (Å²) in [5.41, 5.74) is 0.957. The van der Waals surface area contributed by atoms with Crippen LogP contribution in [0, 0.1) is 12.3 Å². The molecule has 1 unspecified atom stereocenters. The lowest BCUT2D eigenvalue weighted by molar-refractivity contribution is 0.503. The molecule has 0 amide bonds. The molecule has 0 saturated heterocycles. The summed E-state index contributed by atoms with van der Waals surface area (Å²) in [4.78, 5) is 7.61. The van der Waals surface area contributed by atoms with Crippen LogP contribution in [-0.4, -0.2) is 16.0 Å². The number of aromatic nitrogens is 2. The lowest BCUT2D eigenvalue weighted by Crippen LogP contribution is -2.27. The Morgan fingerprint density at radius 2 is 2.28 bits per heavy atom. The minimum atomic E-state index is 0.341. The fraction of sp³-hybridized carbons (Fsp3) is 0.643. The van der Waals surface area contributed by atoms with Crippen molar-refractivity contribution in [1.82, 2.24) is 15.3 Å². The van der Waals surface area contributed by atoms with Gasteiger partial charge in [0.05, 0.1) is 5.69 Å². The van der Waals surface area contributed by atoms with Crippen LogP contribution in [0.25, 0.3) is 0 Å². The third-order valence-corrected chi connectivity index (χ3v) is 3.28. The number of hydrogen-bond donors (Lipinski definition) is 2. The monoisotopic (exact) mass is 267 g/mol. The van der Waals surface area contributed by atoms with Gasteiger partial charge in [0, 0.05) is 25.4 Å². The van der Waals surface area contributed by atoms with Gasteiger partial charge in [-0.1, -0.05) is 31.9 Å². The van der Waals surface area contributed by atoms with E-state index in [-0.39, 0.29) is 0 Å². The van der Waals surface area contributed by atoms with Gasteiger partial charge in [-0.3, -0.25) is 0 Å². The topological polar surface area (TPSA) is 40.7 Å². The summed E-state index contributed by atoms with van der Waals surface area (Å²) in [6.07, 6.45) is 10.3. The highest BCUT2D eigenvalue weighted by Gasteiger charge is 2.10. The molecule has 0 aliphatic heterocycles. The molecule has 1 aromatic rings. The van der Waals surface area contributed by atoms with Gasteiger partial charge in [-0.15, -0.1) is 12.3 Å². The average Bonchev–Trinajstić information content (AvgIpc) is 2.72. The van der Waals surface area contributed by atoms with Crippen LogP contribution in [-0.2, 0) is 13.0 Å². The Kier molecular flexibility index (Phi) is 6.85. The van der Waals surface area contributed by atoms with Gasteiger partial charge in [0.15, 0.2) is 5.15 Å². The molecule has 0 aliphatic rings. The Morgan fingerprint density at radius 1 is 1.50 bits per heavy atom. The van der Waals surface area contributed by atoms with Crippen LogP contribution in [0.4, 0.5) is 0 Å². The smallest absolute Gasteiger partial charge is 0.151 e. The number of imidazole rings is 1. The third-order valence-electron chi connectivity index (χ3n) is 2.97. The van der Waals surface area contributed by atoms with Crippen LogP contribution in [0.2, 0.25) is 5.15 Å². The molecule has 1 aromatic heterocycles. The maximum Gasteiger partial charge on any atom is 0.151 e.